The van der Waals surface area contributed by atoms with Gasteiger partial charge in [-0.1, -0.05) is 18.2 Å². The maximum Gasteiger partial charge on any atom is 0.0533 e. The van der Waals surface area contributed by atoms with Crippen LogP contribution in [0.2, 0.25) is 0 Å². The molecule has 0 radical (unpaired) electrons. The molecule has 0 unspecified atom stereocenters. The SMILES string of the molecule is CN1Cc2[nH]c3ccccc3c2CN1. The first-order valence-corrected chi connectivity index (χ1v) is 4.88. The van der Waals surface area contributed by atoms with E-state index in [-0.39, 0.29) is 0 Å². The Morgan fingerprint density at radius 3 is 3.07 bits per heavy atom. The monoisotopic (exact) mass is 187 g/mol. The van der Waals surface area contributed by atoms with Crippen LogP contribution in [0.3, 0.4) is 0 Å². The molecule has 1 aliphatic rings. The average molecular weight is 187 g/mol. The molecule has 0 bridgehead atoms. The van der Waals surface area contributed by atoms with Crippen molar-refractivity contribution >= 4 is 10.9 Å². The van der Waals surface area contributed by atoms with Crippen LogP contribution in [0.25, 0.3) is 10.9 Å². The maximum atomic E-state index is 3.46. The molecule has 0 saturated heterocycles. The molecule has 0 saturated carbocycles. The van der Waals surface area contributed by atoms with Crippen LogP contribution in [0.4, 0.5) is 0 Å². The van der Waals surface area contributed by atoms with E-state index in [2.05, 4.69) is 46.7 Å². The van der Waals surface area contributed by atoms with Crippen molar-refractivity contribution < 1.29 is 0 Å². The summed E-state index contributed by atoms with van der Waals surface area (Å²) in [5.41, 5.74) is 7.33. The summed E-state index contributed by atoms with van der Waals surface area (Å²) in [6, 6.07) is 8.47. The van der Waals surface area contributed by atoms with Gasteiger partial charge in [-0.2, -0.15) is 0 Å². The third-order valence-electron chi connectivity index (χ3n) is 2.82. The van der Waals surface area contributed by atoms with Gasteiger partial charge in [0.25, 0.3) is 0 Å². The zero-order valence-electron chi connectivity index (χ0n) is 8.17. The Bertz CT molecular complexity index is 472. The normalized spacial score (nSPS) is 17.2. The fourth-order valence-electron chi connectivity index (χ4n) is 2.10. The zero-order valence-corrected chi connectivity index (χ0v) is 8.17. The maximum absolute atomic E-state index is 3.46. The summed E-state index contributed by atoms with van der Waals surface area (Å²) in [6.07, 6.45) is 0. The lowest BCUT2D eigenvalue weighted by molar-refractivity contribution is 0.203. The highest BCUT2D eigenvalue weighted by molar-refractivity contribution is 5.84. The van der Waals surface area contributed by atoms with Crippen LogP contribution in [-0.4, -0.2) is 17.0 Å². The third-order valence-corrected chi connectivity index (χ3v) is 2.82. The molecule has 1 aromatic carbocycles. The summed E-state index contributed by atoms with van der Waals surface area (Å²) < 4.78 is 0. The molecule has 0 atom stereocenters. The molecule has 3 heteroatoms. The van der Waals surface area contributed by atoms with E-state index in [1.807, 2.05) is 0 Å². The van der Waals surface area contributed by atoms with Crippen molar-refractivity contribution in [2.24, 2.45) is 0 Å². The topological polar surface area (TPSA) is 31.1 Å². The fraction of sp³-hybridized carbons (Fsp3) is 0.273. The van der Waals surface area contributed by atoms with Crippen molar-refractivity contribution in [2.45, 2.75) is 13.1 Å². The number of H-pyrrole nitrogens is 1. The number of nitrogens with zero attached hydrogens (tertiary/aromatic N) is 1. The van der Waals surface area contributed by atoms with Crippen molar-refractivity contribution in [3.05, 3.63) is 35.5 Å². The van der Waals surface area contributed by atoms with E-state index in [0.717, 1.165) is 13.1 Å². The predicted octanol–water partition coefficient (Wildman–Crippen LogP) is 1.62. The molecular weight excluding hydrogens is 174 g/mol. The van der Waals surface area contributed by atoms with Crippen LogP contribution in [0.1, 0.15) is 11.3 Å². The van der Waals surface area contributed by atoms with E-state index < -0.39 is 0 Å². The Balaban J connectivity index is 2.24. The van der Waals surface area contributed by atoms with Gasteiger partial charge in [0.05, 0.1) is 6.54 Å². The minimum atomic E-state index is 0.926. The van der Waals surface area contributed by atoms with E-state index in [1.165, 1.54) is 22.2 Å². The first-order valence-electron chi connectivity index (χ1n) is 4.88. The van der Waals surface area contributed by atoms with Gasteiger partial charge in [-0.05, 0) is 11.6 Å². The number of nitrogens with one attached hydrogen (secondary N) is 2. The molecule has 0 aliphatic carbocycles. The number of aromatic nitrogens is 1. The molecule has 1 aromatic heterocycles. The largest absolute Gasteiger partial charge is 0.357 e. The minimum absolute atomic E-state index is 0.926. The summed E-state index contributed by atoms with van der Waals surface area (Å²) >= 11 is 0. The number of fused-ring (bicyclic) bond motifs is 3. The van der Waals surface area contributed by atoms with Crippen LogP contribution in [0, 0.1) is 0 Å². The standard InChI is InChI=1S/C11H13N3/c1-14-7-11-9(6-12-14)8-4-2-3-5-10(8)13-11/h2-5,12-13H,6-7H2,1H3. The number of benzene rings is 1. The summed E-state index contributed by atoms with van der Waals surface area (Å²) in [7, 11) is 2.06. The molecule has 72 valence electrons. The Kier molecular flexibility index (Phi) is 1.63. The van der Waals surface area contributed by atoms with E-state index >= 15 is 0 Å². The summed E-state index contributed by atoms with van der Waals surface area (Å²) in [6.45, 7) is 1.87. The summed E-state index contributed by atoms with van der Waals surface area (Å²) in [5.74, 6) is 0. The summed E-state index contributed by atoms with van der Waals surface area (Å²) in [5, 5.41) is 3.46. The van der Waals surface area contributed by atoms with Gasteiger partial charge in [0, 0.05) is 30.2 Å². The molecule has 0 spiro atoms. The lowest BCUT2D eigenvalue weighted by atomic mass is 10.1. The Morgan fingerprint density at radius 1 is 1.29 bits per heavy atom. The van der Waals surface area contributed by atoms with Crippen LogP contribution < -0.4 is 5.43 Å². The van der Waals surface area contributed by atoms with Crippen LogP contribution in [-0.2, 0) is 13.1 Å². The number of hydrogen-bond donors (Lipinski definition) is 2. The van der Waals surface area contributed by atoms with Gasteiger partial charge in [-0.25, -0.2) is 5.01 Å². The van der Waals surface area contributed by atoms with Gasteiger partial charge in [-0.3, -0.25) is 5.43 Å². The number of rotatable bonds is 0. The Labute approximate surface area is 82.7 Å². The van der Waals surface area contributed by atoms with Crippen LogP contribution in [0.15, 0.2) is 24.3 Å². The Morgan fingerprint density at radius 2 is 2.14 bits per heavy atom. The number of aromatic amines is 1. The zero-order chi connectivity index (χ0) is 9.54. The van der Waals surface area contributed by atoms with Crippen molar-refractivity contribution in [1.82, 2.24) is 15.4 Å². The number of hydrogen-bond acceptors (Lipinski definition) is 2. The first-order chi connectivity index (χ1) is 6.84. The van der Waals surface area contributed by atoms with Gasteiger partial charge < -0.3 is 4.98 Å². The molecule has 1 aliphatic heterocycles. The minimum Gasteiger partial charge on any atom is -0.357 e. The van der Waals surface area contributed by atoms with Crippen molar-refractivity contribution in [3.8, 4) is 0 Å². The first kappa shape index (κ1) is 8.03. The van der Waals surface area contributed by atoms with E-state index in [9.17, 15) is 0 Å². The predicted molar refractivity (Wildman–Crippen MR) is 56.6 cm³/mol. The molecular formula is C11H13N3. The average Bonchev–Trinajstić information content (AvgIpc) is 2.54. The van der Waals surface area contributed by atoms with Crippen molar-refractivity contribution in [1.29, 1.82) is 0 Å². The highest BCUT2D eigenvalue weighted by Crippen LogP contribution is 2.24. The fourth-order valence-corrected chi connectivity index (χ4v) is 2.10. The quantitative estimate of drug-likeness (QED) is 0.656. The lowest BCUT2D eigenvalue weighted by Crippen LogP contribution is -2.37. The van der Waals surface area contributed by atoms with Gasteiger partial charge in [0.2, 0.25) is 0 Å². The molecule has 2 heterocycles. The van der Waals surface area contributed by atoms with Gasteiger partial charge in [-0.15, -0.1) is 0 Å². The molecule has 2 aromatic rings. The second-order valence-corrected chi connectivity index (χ2v) is 3.82. The molecule has 3 rings (SSSR count). The molecule has 3 nitrogen and oxygen atoms in total. The second-order valence-electron chi connectivity index (χ2n) is 3.82. The second kappa shape index (κ2) is 2.83. The van der Waals surface area contributed by atoms with E-state index in [1.54, 1.807) is 0 Å². The lowest BCUT2D eigenvalue weighted by Gasteiger charge is -2.23. The van der Waals surface area contributed by atoms with Crippen LogP contribution >= 0.6 is 0 Å². The molecule has 2 N–H and O–H groups in total. The third kappa shape index (κ3) is 1.06. The summed E-state index contributed by atoms with van der Waals surface area (Å²) in [4.78, 5) is 3.46. The highest BCUT2D eigenvalue weighted by Gasteiger charge is 2.16. The smallest absolute Gasteiger partial charge is 0.0533 e. The Hall–Kier alpha value is -1.32. The van der Waals surface area contributed by atoms with E-state index in [0.29, 0.717) is 0 Å². The number of hydrazine groups is 1. The van der Waals surface area contributed by atoms with E-state index in [4.69, 9.17) is 0 Å². The van der Waals surface area contributed by atoms with Gasteiger partial charge in [0.15, 0.2) is 0 Å². The number of para-hydroxylation sites is 1. The van der Waals surface area contributed by atoms with Gasteiger partial charge >= 0.3 is 0 Å². The highest BCUT2D eigenvalue weighted by atomic mass is 15.5. The van der Waals surface area contributed by atoms with Crippen LogP contribution in [0.5, 0.6) is 0 Å². The van der Waals surface area contributed by atoms with Crippen molar-refractivity contribution in [3.63, 3.8) is 0 Å². The molecule has 14 heavy (non-hydrogen) atoms. The molecule has 0 amide bonds. The van der Waals surface area contributed by atoms with Gasteiger partial charge in [0.1, 0.15) is 0 Å². The van der Waals surface area contributed by atoms with Crippen molar-refractivity contribution in [2.75, 3.05) is 7.05 Å². The molecule has 0 fully saturated rings.